The first-order chi connectivity index (χ1) is 9.24. The number of carbonyl (C=O) groups is 1. The van der Waals surface area contributed by atoms with E-state index in [1.165, 1.54) is 0 Å². The quantitative estimate of drug-likeness (QED) is 0.634. The van der Waals surface area contributed by atoms with Crippen LogP contribution in [0.1, 0.15) is 20.8 Å². The van der Waals surface area contributed by atoms with Gasteiger partial charge in [0.2, 0.25) is 0 Å². The van der Waals surface area contributed by atoms with Crippen LogP contribution in [0.4, 0.5) is 4.79 Å². The summed E-state index contributed by atoms with van der Waals surface area (Å²) in [6.45, 7) is 6.73. The molecule has 0 spiro atoms. The van der Waals surface area contributed by atoms with Gasteiger partial charge in [0.25, 0.3) is 0 Å². The molecule has 1 aromatic carbocycles. The van der Waals surface area contributed by atoms with Gasteiger partial charge >= 0.3 is 6.09 Å². The molecule has 110 valence electrons. The average molecular weight is 454 g/mol. The summed E-state index contributed by atoms with van der Waals surface area (Å²) in [6, 6.07) is 5.88. The second-order valence-corrected chi connectivity index (χ2v) is 7.78. The fraction of sp³-hybridized carbons (Fsp3) is 0.500. The van der Waals surface area contributed by atoms with Gasteiger partial charge in [-0.2, -0.15) is 0 Å². The fourth-order valence-electron chi connectivity index (χ4n) is 1.74. The van der Waals surface area contributed by atoms with Crippen LogP contribution in [0.3, 0.4) is 0 Å². The zero-order valence-electron chi connectivity index (χ0n) is 11.7. The van der Waals surface area contributed by atoms with Gasteiger partial charge in [0, 0.05) is 4.47 Å². The molecule has 0 N–H and O–H groups in total. The van der Waals surface area contributed by atoms with Crippen molar-refractivity contribution in [3.8, 4) is 5.75 Å². The third-order valence-electron chi connectivity index (χ3n) is 2.69. The molecule has 2 rings (SSSR count). The number of rotatable bonds is 2. The molecule has 0 radical (unpaired) electrons. The van der Waals surface area contributed by atoms with E-state index in [1.54, 1.807) is 4.90 Å². The molecular weight excluding hydrogens is 437 g/mol. The fourth-order valence-corrected chi connectivity index (χ4v) is 3.17. The van der Waals surface area contributed by atoms with Crippen molar-refractivity contribution in [1.29, 1.82) is 0 Å². The topological polar surface area (TPSA) is 38.8 Å². The Morgan fingerprint density at radius 3 is 2.60 bits per heavy atom. The summed E-state index contributed by atoms with van der Waals surface area (Å²) in [7, 11) is 0. The number of benzene rings is 1. The Kier molecular flexibility index (Phi) is 4.84. The zero-order chi connectivity index (χ0) is 14.9. The van der Waals surface area contributed by atoms with E-state index in [0.717, 1.165) is 13.8 Å². The molecule has 1 aromatic rings. The van der Waals surface area contributed by atoms with Gasteiger partial charge in [0.1, 0.15) is 17.5 Å². The third-order valence-corrected chi connectivity index (χ3v) is 4.02. The maximum atomic E-state index is 11.8. The van der Waals surface area contributed by atoms with Gasteiger partial charge in [0.05, 0.1) is 16.7 Å². The van der Waals surface area contributed by atoms with E-state index in [9.17, 15) is 4.79 Å². The molecule has 6 heteroatoms. The molecule has 0 unspecified atom stereocenters. The van der Waals surface area contributed by atoms with Crippen LogP contribution in [0.5, 0.6) is 5.75 Å². The minimum absolute atomic E-state index is 0.0391. The smallest absolute Gasteiger partial charge is 0.410 e. The summed E-state index contributed by atoms with van der Waals surface area (Å²) in [5.74, 6) is 0.850. The Hall–Kier alpha value is -0.500. The Labute approximate surface area is 141 Å². The maximum Gasteiger partial charge on any atom is 0.410 e. The van der Waals surface area contributed by atoms with Crippen molar-refractivity contribution < 1.29 is 14.3 Å². The molecule has 1 amide bonds. The highest BCUT2D eigenvalue weighted by molar-refractivity contribution is 14.1. The lowest BCUT2D eigenvalue weighted by molar-refractivity contribution is -0.0223. The van der Waals surface area contributed by atoms with Gasteiger partial charge in [-0.05, 0) is 61.6 Å². The van der Waals surface area contributed by atoms with Gasteiger partial charge in [-0.3, -0.25) is 0 Å². The SMILES string of the molecule is CC(C)(C)OC(=O)N1CC(Oc2ccc(Br)cc2I)C1. The van der Waals surface area contributed by atoms with E-state index < -0.39 is 5.60 Å². The zero-order valence-corrected chi connectivity index (χ0v) is 15.4. The molecule has 0 atom stereocenters. The highest BCUT2D eigenvalue weighted by atomic mass is 127. The average Bonchev–Trinajstić information content (AvgIpc) is 2.22. The van der Waals surface area contributed by atoms with Crippen molar-refractivity contribution in [3.05, 3.63) is 26.2 Å². The number of carbonyl (C=O) groups excluding carboxylic acids is 1. The summed E-state index contributed by atoms with van der Waals surface area (Å²) in [4.78, 5) is 13.4. The van der Waals surface area contributed by atoms with Gasteiger partial charge in [-0.15, -0.1) is 0 Å². The number of halogens is 2. The molecule has 1 aliphatic rings. The summed E-state index contributed by atoms with van der Waals surface area (Å²) < 4.78 is 13.2. The Morgan fingerprint density at radius 1 is 1.40 bits per heavy atom. The first-order valence-corrected chi connectivity index (χ1v) is 8.21. The summed E-state index contributed by atoms with van der Waals surface area (Å²) in [5, 5.41) is 0. The normalized spacial score (nSPS) is 15.8. The number of hydrogen-bond donors (Lipinski definition) is 0. The second-order valence-electron chi connectivity index (χ2n) is 5.70. The van der Waals surface area contributed by atoms with Crippen molar-refractivity contribution in [2.45, 2.75) is 32.5 Å². The van der Waals surface area contributed by atoms with Crippen LogP contribution in [0.25, 0.3) is 0 Å². The van der Waals surface area contributed by atoms with Crippen LogP contribution in [-0.4, -0.2) is 35.8 Å². The van der Waals surface area contributed by atoms with Crippen molar-refractivity contribution in [1.82, 2.24) is 4.90 Å². The lowest BCUT2D eigenvalue weighted by Crippen LogP contribution is -2.57. The molecule has 1 heterocycles. The monoisotopic (exact) mass is 453 g/mol. The van der Waals surface area contributed by atoms with Gasteiger partial charge < -0.3 is 14.4 Å². The summed E-state index contributed by atoms with van der Waals surface area (Å²) >= 11 is 5.66. The van der Waals surface area contributed by atoms with E-state index in [4.69, 9.17) is 9.47 Å². The van der Waals surface area contributed by atoms with Gasteiger partial charge in [-0.25, -0.2) is 4.79 Å². The molecule has 0 aromatic heterocycles. The lowest BCUT2D eigenvalue weighted by atomic mass is 10.1. The summed E-state index contributed by atoms with van der Waals surface area (Å²) in [6.07, 6.45) is -0.236. The largest absolute Gasteiger partial charge is 0.486 e. The molecule has 0 aliphatic carbocycles. The van der Waals surface area contributed by atoms with E-state index in [0.29, 0.717) is 13.1 Å². The van der Waals surface area contributed by atoms with E-state index in [-0.39, 0.29) is 12.2 Å². The molecule has 1 aliphatic heterocycles. The molecule has 4 nitrogen and oxygen atoms in total. The Balaban J connectivity index is 1.83. The van der Waals surface area contributed by atoms with Crippen LogP contribution in [0.15, 0.2) is 22.7 Å². The van der Waals surface area contributed by atoms with Crippen molar-refractivity contribution in [2.24, 2.45) is 0 Å². The maximum absolute atomic E-state index is 11.8. The van der Waals surface area contributed by atoms with Crippen molar-refractivity contribution in [3.63, 3.8) is 0 Å². The number of amides is 1. The molecule has 0 saturated carbocycles. The molecular formula is C14H17BrINO3. The lowest BCUT2D eigenvalue weighted by Gasteiger charge is -2.39. The molecule has 0 bridgehead atoms. The van der Waals surface area contributed by atoms with Crippen molar-refractivity contribution in [2.75, 3.05) is 13.1 Å². The number of ether oxygens (including phenoxy) is 2. The molecule has 1 fully saturated rings. The number of nitrogens with zero attached hydrogens (tertiary/aromatic N) is 1. The highest BCUT2D eigenvalue weighted by Crippen LogP contribution is 2.27. The Bertz CT molecular complexity index is 510. The predicted molar refractivity (Wildman–Crippen MR) is 89.1 cm³/mol. The molecule has 1 saturated heterocycles. The van der Waals surface area contributed by atoms with Crippen LogP contribution in [0.2, 0.25) is 0 Å². The standard InChI is InChI=1S/C14H17BrINO3/c1-14(2,3)20-13(18)17-7-10(8-17)19-12-5-4-9(15)6-11(12)16/h4-6,10H,7-8H2,1-3H3. The van der Waals surface area contributed by atoms with Crippen LogP contribution < -0.4 is 4.74 Å². The summed E-state index contributed by atoms with van der Waals surface area (Å²) in [5.41, 5.74) is -0.454. The Morgan fingerprint density at radius 2 is 2.05 bits per heavy atom. The van der Waals surface area contributed by atoms with E-state index in [1.807, 2.05) is 39.0 Å². The van der Waals surface area contributed by atoms with Crippen LogP contribution in [0, 0.1) is 3.57 Å². The van der Waals surface area contributed by atoms with Gasteiger partial charge in [0.15, 0.2) is 0 Å². The second kappa shape index (κ2) is 6.09. The highest BCUT2D eigenvalue weighted by Gasteiger charge is 2.35. The molecule has 20 heavy (non-hydrogen) atoms. The van der Waals surface area contributed by atoms with E-state index in [2.05, 4.69) is 38.5 Å². The van der Waals surface area contributed by atoms with Crippen molar-refractivity contribution >= 4 is 44.6 Å². The first-order valence-electron chi connectivity index (χ1n) is 6.34. The number of hydrogen-bond acceptors (Lipinski definition) is 3. The van der Waals surface area contributed by atoms with Gasteiger partial charge in [-0.1, -0.05) is 15.9 Å². The minimum atomic E-state index is -0.454. The minimum Gasteiger partial charge on any atom is -0.486 e. The first kappa shape index (κ1) is 15.9. The number of likely N-dealkylation sites (tertiary alicyclic amines) is 1. The predicted octanol–water partition coefficient (Wildman–Crippen LogP) is 4.05. The van der Waals surface area contributed by atoms with E-state index >= 15 is 0 Å². The van der Waals surface area contributed by atoms with Crippen LogP contribution in [-0.2, 0) is 4.74 Å². The third kappa shape index (κ3) is 4.25. The van der Waals surface area contributed by atoms with Crippen LogP contribution >= 0.6 is 38.5 Å².